The molecule has 0 aliphatic carbocycles. The molecule has 0 atom stereocenters. The van der Waals surface area contributed by atoms with Gasteiger partial charge in [0.2, 0.25) is 0 Å². The molecule has 0 unspecified atom stereocenters. The topological polar surface area (TPSA) is 38.3 Å². The summed E-state index contributed by atoms with van der Waals surface area (Å²) in [6.45, 7) is 6.04. The Morgan fingerprint density at radius 1 is 0.867 bits per heavy atom. The van der Waals surface area contributed by atoms with Gasteiger partial charge in [-0.15, -0.1) is 0 Å². The Morgan fingerprint density at radius 3 is 2.17 bits per heavy atom. The molecule has 3 aromatic carbocycles. The van der Waals surface area contributed by atoms with Gasteiger partial charge in [-0.05, 0) is 74.6 Å². The fraction of sp³-hybridized carbons (Fsp3) is 0.269. The lowest BCUT2D eigenvalue weighted by Gasteiger charge is -2.21. The molecular formula is C26H28FNO2. The van der Waals surface area contributed by atoms with Crippen LogP contribution < -0.4 is 5.32 Å². The van der Waals surface area contributed by atoms with Crippen molar-refractivity contribution in [1.82, 2.24) is 0 Å². The molecule has 3 nitrogen and oxygen atoms in total. The van der Waals surface area contributed by atoms with Gasteiger partial charge in [0.25, 0.3) is 0 Å². The molecule has 0 spiro atoms. The predicted octanol–water partition coefficient (Wildman–Crippen LogP) is 6.18. The summed E-state index contributed by atoms with van der Waals surface area (Å²) in [6, 6.07) is 22.4. The molecule has 0 aromatic heterocycles. The number of aryl methyl sites for hydroxylation is 2. The summed E-state index contributed by atoms with van der Waals surface area (Å²) in [6.07, 6.45) is 1.79. The first-order chi connectivity index (χ1) is 14.3. The Balaban J connectivity index is 1.79. The van der Waals surface area contributed by atoms with Crippen LogP contribution >= 0.6 is 0 Å². The van der Waals surface area contributed by atoms with E-state index in [2.05, 4.69) is 17.4 Å². The fourth-order valence-corrected chi connectivity index (χ4v) is 3.14. The van der Waals surface area contributed by atoms with Gasteiger partial charge in [-0.1, -0.05) is 48.5 Å². The van der Waals surface area contributed by atoms with E-state index in [0.29, 0.717) is 12.1 Å². The maximum Gasteiger partial charge on any atom is 0.340 e. The molecule has 0 aliphatic heterocycles. The Kier molecular flexibility index (Phi) is 6.88. The second kappa shape index (κ2) is 9.57. The van der Waals surface area contributed by atoms with Crippen LogP contribution in [0.4, 0.5) is 10.1 Å². The Labute approximate surface area is 177 Å². The zero-order valence-electron chi connectivity index (χ0n) is 17.7. The van der Waals surface area contributed by atoms with Crippen molar-refractivity contribution in [2.45, 2.75) is 45.8 Å². The van der Waals surface area contributed by atoms with Gasteiger partial charge in [-0.2, -0.15) is 0 Å². The number of nitrogens with one attached hydrogen (secondary N) is 1. The lowest BCUT2D eigenvalue weighted by atomic mass is 10.0. The lowest BCUT2D eigenvalue weighted by Crippen LogP contribution is -2.24. The third-order valence-corrected chi connectivity index (χ3v) is 4.64. The van der Waals surface area contributed by atoms with Crippen LogP contribution in [0.25, 0.3) is 0 Å². The second-order valence-corrected chi connectivity index (χ2v) is 8.35. The number of carbonyl (C=O) groups excluding carboxylic acids is 1. The molecule has 1 N–H and O–H groups in total. The molecule has 156 valence electrons. The van der Waals surface area contributed by atoms with Crippen LogP contribution in [0.1, 0.15) is 47.8 Å². The minimum Gasteiger partial charge on any atom is -0.456 e. The van der Waals surface area contributed by atoms with Gasteiger partial charge in [-0.25, -0.2) is 9.18 Å². The Bertz CT molecular complexity index is 976. The quantitative estimate of drug-likeness (QED) is 0.477. The van der Waals surface area contributed by atoms with Crippen molar-refractivity contribution in [2.24, 2.45) is 0 Å². The molecule has 3 rings (SSSR count). The van der Waals surface area contributed by atoms with Gasteiger partial charge in [0.1, 0.15) is 11.4 Å². The van der Waals surface area contributed by atoms with E-state index >= 15 is 0 Å². The highest BCUT2D eigenvalue weighted by molar-refractivity contribution is 5.96. The summed E-state index contributed by atoms with van der Waals surface area (Å²) in [7, 11) is 0. The highest BCUT2D eigenvalue weighted by atomic mass is 19.1. The molecule has 4 heteroatoms. The molecular weight excluding hydrogens is 377 g/mol. The summed E-state index contributed by atoms with van der Waals surface area (Å²) in [5.41, 5.74) is 3.98. The van der Waals surface area contributed by atoms with Gasteiger partial charge in [0.05, 0.1) is 5.56 Å². The number of hydrogen-bond acceptors (Lipinski definition) is 3. The minimum atomic E-state index is -0.572. The number of hydrogen-bond donors (Lipinski definition) is 1. The van der Waals surface area contributed by atoms with Gasteiger partial charge < -0.3 is 10.1 Å². The maximum atomic E-state index is 13.2. The highest BCUT2D eigenvalue weighted by Gasteiger charge is 2.20. The first kappa shape index (κ1) is 21.6. The van der Waals surface area contributed by atoms with Crippen molar-refractivity contribution in [3.63, 3.8) is 0 Å². The summed E-state index contributed by atoms with van der Waals surface area (Å²) in [5.74, 6) is -0.630. The number of carbonyl (C=O) groups is 1. The fourth-order valence-electron chi connectivity index (χ4n) is 3.14. The number of halogens is 1. The SMILES string of the molecule is CC(C)(C)OC(=O)c1ccc(CCc2ccccc2)cc1NCc1ccc(F)cc1. The van der Waals surface area contributed by atoms with Crippen molar-refractivity contribution in [2.75, 3.05) is 5.32 Å². The molecule has 0 radical (unpaired) electrons. The standard InChI is InChI=1S/C26H28FNO2/c1-26(2,3)30-25(29)23-16-13-20(10-9-19-7-5-4-6-8-19)17-24(23)28-18-21-11-14-22(27)15-12-21/h4-8,11-17,28H,9-10,18H2,1-3H3. The van der Waals surface area contributed by atoms with Crippen LogP contribution in [0.5, 0.6) is 0 Å². The molecule has 3 aromatic rings. The molecule has 0 saturated carbocycles. The number of esters is 1. The third-order valence-electron chi connectivity index (χ3n) is 4.64. The summed E-state index contributed by atoms with van der Waals surface area (Å²) in [5, 5.41) is 3.33. The van der Waals surface area contributed by atoms with Gasteiger partial charge in [0, 0.05) is 12.2 Å². The average molecular weight is 406 g/mol. The van der Waals surface area contributed by atoms with E-state index in [1.54, 1.807) is 12.1 Å². The van der Waals surface area contributed by atoms with Gasteiger partial charge in [0.15, 0.2) is 0 Å². The van der Waals surface area contributed by atoms with E-state index in [9.17, 15) is 9.18 Å². The van der Waals surface area contributed by atoms with E-state index in [1.165, 1.54) is 17.7 Å². The smallest absolute Gasteiger partial charge is 0.340 e. The summed E-state index contributed by atoms with van der Waals surface area (Å²) in [4.78, 5) is 12.7. The Morgan fingerprint density at radius 2 is 1.50 bits per heavy atom. The van der Waals surface area contributed by atoms with Crippen LogP contribution in [0.15, 0.2) is 72.8 Å². The molecule has 0 bridgehead atoms. The lowest BCUT2D eigenvalue weighted by molar-refractivity contribution is 0.00706. The van der Waals surface area contributed by atoms with Gasteiger partial charge >= 0.3 is 5.97 Å². The third kappa shape index (κ3) is 6.45. The number of anilines is 1. The molecule has 0 heterocycles. The molecule has 0 saturated heterocycles. The van der Waals surface area contributed by atoms with Crippen molar-refractivity contribution >= 4 is 11.7 Å². The number of benzene rings is 3. The van der Waals surface area contributed by atoms with E-state index < -0.39 is 5.60 Å². The van der Waals surface area contributed by atoms with Gasteiger partial charge in [-0.3, -0.25) is 0 Å². The monoisotopic (exact) mass is 405 g/mol. The van der Waals surface area contributed by atoms with E-state index in [0.717, 1.165) is 29.7 Å². The largest absolute Gasteiger partial charge is 0.456 e. The van der Waals surface area contributed by atoms with Crippen LogP contribution in [0.3, 0.4) is 0 Å². The van der Waals surface area contributed by atoms with E-state index in [-0.39, 0.29) is 11.8 Å². The zero-order chi connectivity index (χ0) is 21.6. The average Bonchev–Trinajstić information content (AvgIpc) is 2.71. The van der Waals surface area contributed by atoms with Crippen molar-refractivity contribution in [1.29, 1.82) is 0 Å². The number of rotatable bonds is 7. The summed E-state index contributed by atoms with van der Waals surface area (Å²) < 4.78 is 18.7. The molecule has 0 fully saturated rings. The van der Waals surface area contributed by atoms with E-state index in [1.807, 2.05) is 57.2 Å². The normalized spacial score (nSPS) is 11.2. The van der Waals surface area contributed by atoms with Crippen LogP contribution in [0, 0.1) is 5.82 Å². The minimum absolute atomic E-state index is 0.267. The molecule has 30 heavy (non-hydrogen) atoms. The van der Waals surface area contributed by atoms with Crippen LogP contribution in [0.2, 0.25) is 0 Å². The van der Waals surface area contributed by atoms with Crippen LogP contribution in [-0.4, -0.2) is 11.6 Å². The molecule has 0 amide bonds. The second-order valence-electron chi connectivity index (χ2n) is 8.35. The highest BCUT2D eigenvalue weighted by Crippen LogP contribution is 2.23. The van der Waals surface area contributed by atoms with Crippen molar-refractivity contribution < 1.29 is 13.9 Å². The number of ether oxygens (including phenoxy) is 1. The Hall–Kier alpha value is -3.14. The van der Waals surface area contributed by atoms with E-state index in [4.69, 9.17) is 4.74 Å². The first-order valence-corrected chi connectivity index (χ1v) is 10.2. The van der Waals surface area contributed by atoms with Crippen molar-refractivity contribution in [3.8, 4) is 0 Å². The molecule has 0 aliphatic rings. The maximum absolute atomic E-state index is 13.2. The van der Waals surface area contributed by atoms with Crippen molar-refractivity contribution in [3.05, 3.63) is 101 Å². The van der Waals surface area contributed by atoms with Crippen LogP contribution in [-0.2, 0) is 24.1 Å². The predicted molar refractivity (Wildman–Crippen MR) is 119 cm³/mol. The first-order valence-electron chi connectivity index (χ1n) is 10.2. The zero-order valence-corrected chi connectivity index (χ0v) is 17.7. The summed E-state index contributed by atoms with van der Waals surface area (Å²) >= 11 is 0.